The molecular formula is C34H41N. The monoisotopic (exact) mass is 463 g/mol. The fraction of sp³-hybridized carbons (Fsp3) is 0.353. The minimum atomic E-state index is -0.107. The maximum atomic E-state index is 4.21. The molecule has 182 valence electrons. The fourth-order valence-corrected chi connectivity index (χ4v) is 5.07. The van der Waals surface area contributed by atoms with Crippen LogP contribution in [0.2, 0.25) is 0 Å². The van der Waals surface area contributed by atoms with Gasteiger partial charge >= 0.3 is 0 Å². The zero-order valence-corrected chi connectivity index (χ0v) is 23.1. The lowest BCUT2D eigenvalue weighted by Gasteiger charge is -2.43. The SMILES string of the molecule is C=C(/C=C\C)c1ccc(N2c3ccc(C(C)(C)C)cc3C(C)(C)c3cc(C(C)(C)C)ccc32)cc1. The summed E-state index contributed by atoms with van der Waals surface area (Å²) in [6, 6.07) is 23.0. The van der Waals surface area contributed by atoms with Crippen LogP contribution in [0.3, 0.4) is 0 Å². The normalized spacial score (nSPS) is 15.2. The first-order valence-electron chi connectivity index (χ1n) is 12.8. The first-order chi connectivity index (χ1) is 16.2. The number of rotatable bonds is 3. The second kappa shape index (κ2) is 8.55. The third kappa shape index (κ3) is 4.49. The summed E-state index contributed by atoms with van der Waals surface area (Å²) in [7, 11) is 0. The average Bonchev–Trinajstić information content (AvgIpc) is 2.78. The minimum Gasteiger partial charge on any atom is -0.310 e. The number of fused-ring (bicyclic) bond motifs is 2. The molecule has 1 aliphatic rings. The van der Waals surface area contributed by atoms with E-state index in [-0.39, 0.29) is 16.2 Å². The summed E-state index contributed by atoms with van der Waals surface area (Å²) in [4.78, 5) is 2.44. The summed E-state index contributed by atoms with van der Waals surface area (Å²) in [5, 5.41) is 0. The van der Waals surface area contributed by atoms with Crippen molar-refractivity contribution in [2.24, 2.45) is 0 Å². The number of anilines is 3. The van der Waals surface area contributed by atoms with E-state index < -0.39 is 0 Å². The van der Waals surface area contributed by atoms with Gasteiger partial charge in [0.15, 0.2) is 0 Å². The highest BCUT2D eigenvalue weighted by molar-refractivity contribution is 5.87. The van der Waals surface area contributed by atoms with E-state index in [9.17, 15) is 0 Å². The molecule has 0 atom stereocenters. The van der Waals surface area contributed by atoms with E-state index in [2.05, 4.69) is 134 Å². The summed E-state index contributed by atoms with van der Waals surface area (Å²) in [5.74, 6) is 0. The van der Waals surface area contributed by atoms with Crippen molar-refractivity contribution < 1.29 is 0 Å². The second-order valence-electron chi connectivity index (χ2n) is 12.5. The lowest BCUT2D eigenvalue weighted by molar-refractivity contribution is 0.573. The Labute approximate surface area is 213 Å². The fourth-order valence-electron chi connectivity index (χ4n) is 5.07. The molecule has 3 aromatic carbocycles. The lowest BCUT2D eigenvalue weighted by atomic mass is 9.70. The van der Waals surface area contributed by atoms with Gasteiger partial charge in [0.2, 0.25) is 0 Å². The third-order valence-electron chi connectivity index (χ3n) is 7.42. The first-order valence-corrected chi connectivity index (χ1v) is 12.8. The molecule has 0 spiro atoms. The molecule has 1 heteroatoms. The molecule has 1 aliphatic heterocycles. The Morgan fingerprint density at radius 2 is 1.20 bits per heavy atom. The molecule has 0 radical (unpaired) electrons. The van der Waals surface area contributed by atoms with Gasteiger partial charge in [-0.05, 0) is 75.4 Å². The van der Waals surface area contributed by atoms with E-state index in [1.54, 1.807) is 0 Å². The van der Waals surface area contributed by atoms with Crippen LogP contribution in [0.4, 0.5) is 17.1 Å². The predicted molar refractivity (Wildman–Crippen MR) is 155 cm³/mol. The largest absolute Gasteiger partial charge is 0.310 e. The van der Waals surface area contributed by atoms with E-state index >= 15 is 0 Å². The summed E-state index contributed by atoms with van der Waals surface area (Å²) in [6.07, 6.45) is 4.10. The summed E-state index contributed by atoms with van der Waals surface area (Å²) in [6.45, 7) is 24.8. The molecule has 0 fully saturated rings. The van der Waals surface area contributed by atoms with Crippen LogP contribution >= 0.6 is 0 Å². The van der Waals surface area contributed by atoms with Gasteiger partial charge in [-0.1, -0.05) is 111 Å². The molecule has 0 N–H and O–H groups in total. The van der Waals surface area contributed by atoms with E-state index in [4.69, 9.17) is 0 Å². The Kier molecular flexibility index (Phi) is 6.12. The maximum Gasteiger partial charge on any atom is 0.0502 e. The Morgan fingerprint density at radius 1 is 0.743 bits per heavy atom. The highest BCUT2D eigenvalue weighted by Crippen LogP contribution is 2.53. The quantitative estimate of drug-likeness (QED) is 0.349. The lowest BCUT2D eigenvalue weighted by Crippen LogP contribution is -2.32. The Balaban J connectivity index is 1.96. The van der Waals surface area contributed by atoms with Crippen molar-refractivity contribution in [1.82, 2.24) is 0 Å². The Morgan fingerprint density at radius 3 is 1.60 bits per heavy atom. The van der Waals surface area contributed by atoms with Crippen LogP contribution in [0.25, 0.3) is 5.57 Å². The van der Waals surface area contributed by atoms with E-state index in [0.717, 1.165) is 11.1 Å². The number of hydrogen-bond acceptors (Lipinski definition) is 1. The van der Waals surface area contributed by atoms with E-state index in [0.29, 0.717) is 0 Å². The third-order valence-corrected chi connectivity index (χ3v) is 7.42. The number of hydrogen-bond donors (Lipinski definition) is 0. The van der Waals surface area contributed by atoms with Gasteiger partial charge in [0.1, 0.15) is 0 Å². The maximum absolute atomic E-state index is 4.21. The highest BCUT2D eigenvalue weighted by atomic mass is 15.2. The number of allylic oxidation sites excluding steroid dienone is 3. The standard InChI is InChI=1S/C34H41N/c1-11-12-23(2)24-13-17-27(18-14-24)35-30-19-15-25(32(3,4)5)21-28(30)34(9,10)29-22-26(33(6,7)8)16-20-31(29)35/h11-22H,2H2,1,3-10H3/b12-11-. The van der Waals surface area contributed by atoms with Gasteiger partial charge in [0, 0.05) is 11.1 Å². The molecule has 1 nitrogen and oxygen atoms in total. The second-order valence-corrected chi connectivity index (χ2v) is 12.5. The smallest absolute Gasteiger partial charge is 0.0502 e. The van der Waals surface area contributed by atoms with Gasteiger partial charge in [0.25, 0.3) is 0 Å². The minimum absolute atomic E-state index is 0.0955. The first kappa shape index (κ1) is 25.0. The van der Waals surface area contributed by atoms with Gasteiger partial charge < -0.3 is 4.90 Å². The van der Waals surface area contributed by atoms with Gasteiger partial charge in [-0.2, -0.15) is 0 Å². The van der Waals surface area contributed by atoms with Crippen LogP contribution in [-0.2, 0) is 16.2 Å². The van der Waals surface area contributed by atoms with Gasteiger partial charge in [-0.3, -0.25) is 0 Å². The molecular weight excluding hydrogens is 422 g/mol. The highest BCUT2D eigenvalue weighted by Gasteiger charge is 2.38. The molecule has 0 aromatic heterocycles. The van der Waals surface area contributed by atoms with Crippen molar-refractivity contribution in [1.29, 1.82) is 0 Å². The topological polar surface area (TPSA) is 3.24 Å². The van der Waals surface area contributed by atoms with Crippen molar-refractivity contribution in [2.75, 3.05) is 4.90 Å². The van der Waals surface area contributed by atoms with Gasteiger partial charge in [-0.25, -0.2) is 0 Å². The van der Waals surface area contributed by atoms with Crippen LogP contribution in [0.1, 0.15) is 90.1 Å². The summed E-state index contributed by atoms with van der Waals surface area (Å²) in [5.41, 5.74) is 11.5. The summed E-state index contributed by atoms with van der Waals surface area (Å²) >= 11 is 0. The van der Waals surface area contributed by atoms with Crippen molar-refractivity contribution in [3.8, 4) is 0 Å². The molecule has 1 heterocycles. The van der Waals surface area contributed by atoms with Crippen molar-refractivity contribution >= 4 is 22.6 Å². The molecule has 0 aliphatic carbocycles. The number of nitrogens with zero attached hydrogens (tertiary/aromatic N) is 1. The molecule has 0 saturated carbocycles. The average molecular weight is 464 g/mol. The van der Waals surface area contributed by atoms with E-state index in [1.165, 1.54) is 39.3 Å². The Hall–Kier alpha value is -3.06. The Bertz CT molecular complexity index is 1220. The van der Waals surface area contributed by atoms with Gasteiger partial charge in [-0.15, -0.1) is 0 Å². The van der Waals surface area contributed by atoms with Crippen LogP contribution in [0.15, 0.2) is 79.4 Å². The predicted octanol–water partition coefficient (Wildman–Crippen LogP) is 9.98. The molecule has 35 heavy (non-hydrogen) atoms. The van der Waals surface area contributed by atoms with Crippen LogP contribution < -0.4 is 4.90 Å². The van der Waals surface area contributed by atoms with Crippen molar-refractivity contribution in [3.05, 3.63) is 107 Å². The molecule has 4 rings (SSSR count). The van der Waals surface area contributed by atoms with Gasteiger partial charge in [0.05, 0.1) is 11.4 Å². The molecule has 0 saturated heterocycles. The summed E-state index contributed by atoms with van der Waals surface area (Å²) < 4.78 is 0. The molecule has 0 amide bonds. The van der Waals surface area contributed by atoms with Crippen LogP contribution in [-0.4, -0.2) is 0 Å². The van der Waals surface area contributed by atoms with Crippen molar-refractivity contribution in [3.63, 3.8) is 0 Å². The molecule has 0 bridgehead atoms. The van der Waals surface area contributed by atoms with E-state index in [1.807, 2.05) is 13.0 Å². The zero-order valence-electron chi connectivity index (χ0n) is 23.1. The van der Waals surface area contributed by atoms with Crippen molar-refractivity contribution in [2.45, 2.75) is 78.6 Å². The number of benzene rings is 3. The van der Waals surface area contributed by atoms with Crippen LogP contribution in [0.5, 0.6) is 0 Å². The molecule has 3 aromatic rings. The van der Waals surface area contributed by atoms with Crippen LogP contribution in [0, 0.1) is 0 Å². The zero-order chi connectivity index (χ0) is 25.8. The molecule has 0 unspecified atom stereocenters.